The van der Waals surface area contributed by atoms with Crippen molar-refractivity contribution in [2.45, 2.75) is 64.8 Å². The summed E-state index contributed by atoms with van der Waals surface area (Å²) < 4.78 is 18.4. The smallest absolute Gasteiger partial charge is 0.408 e. The van der Waals surface area contributed by atoms with Crippen LogP contribution in [0, 0.1) is 0 Å². The molecule has 0 unspecified atom stereocenters. The molecule has 0 spiro atoms. The lowest BCUT2D eigenvalue weighted by Crippen LogP contribution is -2.47. The Morgan fingerprint density at radius 2 is 1.67 bits per heavy atom. The summed E-state index contributed by atoms with van der Waals surface area (Å²) in [5.74, 6) is 1.17. The zero-order chi connectivity index (χ0) is 36.7. The van der Waals surface area contributed by atoms with E-state index in [-0.39, 0.29) is 0 Å². The van der Waals surface area contributed by atoms with Gasteiger partial charge in [0.1, 0.15) is 29.7 Å². The highest BCUT2D eigenvalue weighted by molar-refractivity contribution is 7.22. The standard InChI is InChI=1S/C42H47N3O6S/c1-42(2,3)51-41(48)44-36(26-46)40(47)43-32-16-14-30(15-17-32)39-35(22-29-12-13-31(37(23-29)49-4)25-45-20-8-9-21-45)34-19-18-33(24-38(34)52-39)50-27-28-10-6-5-7-11-28/h5-7,10-19,23-24,36,46H,8-9,20-22,25-27H2,1-4H3,(H,43,47)(H,44,48)/t36-/m1/s1. The average molecular weight is 722 g/mol. The lowest BCUT2D eigenvalue weighted by atomic mass is 9.97. The fourth-order valence-corrected chi connectivity index (χ4v) is 7.62. The molecule has 0 bridgehead atoms. The van der Waals surface area contributed by atoms with E-state index in [9.17, 15) is 14.7 Å². The molecule has 1 saturated heterocycles. The van der Waals surface area contributed by atoms with Crippen molar-refractivity contribution < 1.29 is 28.9 Å². The van der Waals surface area contributed by atoms with Crippen LogP contribution in [0.1, 0.15) is 55.9 Å². The van der Waals surface area contributed by atoms with Crippen molar-refractivity contribution in [3.05, 3.63) is 113 Å². The third kappa shape index (κ3) is 9.50. The molecule has 0 saturated carbocycles. The van der Waals surface area contributed by atoms with E-state index in [4.69, 9.17) is 14.2 Å². The highest BCUT2D eigenvalue weighted by Gasteiger charge is 2.24. The Kier molecular flexibility index (Phi) is 11.8. The van der Waals surface area contributed by atoms with Crippen LogP contribution in [0.25, 0.3) is 20.5 Å². The van der Waals surface area contributed by atoms with Crippen LogP contribution in [0.2, 0.25) is 0 Å². The molecule has 2 heterocycles. The Bertz CT molecular complexity index is 1980. The number of amides is 2. The van der Waals surface area contributed by atoms with Gasteiger partial charge < -0.3 is 30.0 Å². The summed E-state index contributed by atoms with van der Waals surface area (Å²) in [6.07, 6.45) is 2.42. The van der Waals surface area contributed by atoms with Gasteiger partial charge in [-0.1, -0.05) is 54.6 Å². The van der Waals surface area contributed by atoms with Gasteiger partial charge >= 0.3 is 6.09 Å². The minimum atomic E-state index is -1.17. The van der Waals surface area contributed by atoms with E-state index in [2.05, 4.69) is 58.0 Å². The number of alkyl carbamates (subject to hydrolysis) is 1. The number of ether oxygens (including phenoxy) is 3. The first-order valence-electron chi connectivity index (χ1n) is 17.7. The van der Waals surface area contributed by atoms with E-state index in [1.54, 1.807) is 39.2 Å². The lowest BCUT2D eigenvalue weighted by molar-refractivity contribution is -0.119. The summed E-state index contributed by atoms with van der Waals surface area (Å²) >= 11 is 1.71. The summed E-state index contributed by atoms with van der Waals surface area (Å²) in [5, 5.41) is 16.2. The first-order chi connectivity index (χ1) is 25.1. The van der Waals surface area contributed by atoms with Crippen LogP contribution in [-0.2, 0) is 29.1 Å². The summed E-state index contributed by atoms with van der Waals surface area (Å²) in [6.45, 7) is 8.23. The molecule has 2 amide bonds. The number of aliphatic hydroxyl groups excluding tert-OH is 1. The van der Waals surface area contributed by atoms with E-state index in [0.29, 0.717) is 18.7 Å². The van der Waals surface area contributed by atoms with Crippen LogP contribution in [0.5, 0.6) is 11.5 Å². The van der Waals surface area contributed by atoms with Crippen molar-refractivity contribution in [3.63, 3.8) is 0 Å². The first kappa shape index (κ1) is 36.9. The summed E-state index contributed by atoms with van der Waals surface area (Å²) in [6, 6.07) is 29.4. The number of methoxy groups -OCH3 is 1. The normalized spacial score (nSPS) is 13.9. The second-order valence-corrected chi connectivity index (χ2v) is 15.1. The van der Waals surface area contributed by atoms with Crippen LogP contribution < -0.4 is 20.1 Å². The molecule has 272 valence electrons. The van der Waals surface area contributed by atoms with Crippen molar-refractivity contribution in [1.29, 1.82) is 0 Å². The molecule has 10 heteroatoms. The van der Waals surface area contributed by atoms with E-state index in [0.717, 1.165) is 62.8 Å². The van der Waals surface area contributed by atoms with Gasteiger partial charge in [-0.25, -0.2) is 4.79 Å². The van der Waals surface area contributed by atoms with Gasteiger partial charge in [0.05, 0.1) is 13.7 Å². The van der Waals surface area contributed by atoms with Crippen molar-refractivity contribution in [2.24, 2.45) is 0 Å². The van der Waals surface area contributed by atoms with E-state index in [1.165, 1.54) is 24.0 Å². The zero-order valence-corrected chi connectivity index (χ0v) is 31.1. The second kappa shape index (κ2) is 16.6. The molecular weight excluding hydrogens is 675 g/mol. The van der Waals surface area contributed by atoms with E-state index < -0.39 is 30.3 Å². The molecule has 1 aromatic heterocycles. The fourth-order valence-electron chi connectivity index (χ4n) is 6.36. The Balaban J connectivity index is 1.26. The molecule has 52 heavy (non-hydrogen) atoms. The van der Waals surface area contributed by atoms with Gasteiger partial charge in [-0.3, -0.25) is 9.69 Å². The third-order valence-corrected chi connectivity index (χ3v) is 10.2. The molecule has 0 aliphatic carbocycles. The summed E-state index contributed by atoms with van der Waals surface area (Å²) in [7, 11) is 1.74. The van der Waals surface area contributed by atoms with Gasteiger partial charge in [0.25, 0.3) is 0 Å². The van der Waals surface area contributed by atoms with Gasteiger partial charge in [-0.2, -0.15) is 0 Å². The van der Waals surface area contributed by atoms with Crippen molar-refractivity contribution >= 4 is 39.1 Å². The predicted octanol–water partition coefficient (Wildman–Crippen LogP) is 8.17. The molecule has 6 rings (SSSR count). The Morgan fingerprint density at radius 3 is 2.37 bits per heavy atom. The minimum Gasteiger partial charge on any atom is -0.496 e. The quantitative estimate of drug-likeness (QED) is 0.113. The molecule has 1 fully saturated rings. The molecule has 0 radical (unpaired) electrons. The van der Waals surface area contributed by atoms with E-state index in [1.807, 2.05) is 48.5 Å². The van der Waals surface area contributed by atoms with E-state index >= 15 is 0 Å². The van der Waals surface area contributed by atoms with Crippen LogP contribution in [0.15, 0.2) is 91.0 Å². The average Bonchev–Trinajstić information content (AvgIpc) is 3.78. The first-order valence-corrected chi connectivity index (χ1v) is 18.5. The Morgan fingerprint density at radius 1 is 0.923 bits per heavy atom. The molecular formula is C42H47N3O6S. The van der Waals surface area contributed by atoms with Crippen LogP contribution in [0.4, 0.5) is 10.5 Å². The van der Waals surface area contributed by atoms with Crippen molar-refractivity contribution in [3.8, 4) is 21.9 Å². The third-order valence-electron chi connectivity index (χ3n) is 8.94. The number of rotatable bonds is 13. The molecule has 9 nitrogen and oxygen atoms in total. The molecule has 3 N–H and O–H groups in total. The molecule has 1 aliphatic heterocycles. The van der Waals surface area contributed by atoms with Gasteiger partial charge in [0.15, 0.2) is 0 Å². The maximum absolute atomic E-state index is 13.0. The summed E-state index contributed by atoms with van der Waals surface area (Å²) in [4.78, 5) is 28.8. The second-order valence-electron chi connectivity index (χ2n) is 14.1. The molecule has 1 aliphatic rings. The van der Waals surface area contributed by atoms with Crippen LogP contribution in [-0.4, -0.2) is 60.5 Å². The number of likely N-dealkylation sites (tertiary alicyclic amines) is 1. The number of carbonyl (C=O) groups excluding carboxylic acids is 2. The van der Waals surface area contributed by atoms with Crippen molar-refractivity contribution in [1.82, 2.24) is 10.2 Å². The number of carbonyl (C=O) groups is 2. The van der Waals surface area contributed by atoms with Crippen molar-refractivity contribution in [2.75, 3.05) is 32.1 Å². The van der Waals surface area contributed by atoms with Gasteiger partial charge in [-0.05, 0) is 117 Å². The number of aliphatic hydroxyl groups is 1. The van der Waals surface area contributed by atoms with Gasteiger partial charge in [0, 0.05) is 27.4 Å². The SMILES string of the molecule is COc1cc(Cc2c(-c3ccc(NC(=O)[C@@H](CO)NC(=O)OC(C)(C)C)cc3)sc3cc(OCc4ccccc4)ccc23)ccc1CN1CCCC1. The number of hydrogen-bond donors (Lipinski definition) is 3. The Labute approximate surface area is 309 Å². The molecule has 1 atom stereocenters. The number of fused-ring (bicyclic) bond motifs is 1. The number of benzene rings is 4. The number of anilines is 1. The molecule has 4 aromatic carbocycles. The number of nitrogens with zero attached hydrogens (tertiary/aromatic N) is 1. The zero-order valence-electron chi connectivity index (χ0n) is 30.2. The maximum atomic E-state index is 13.0. The maximum Gasteiger partial charge on any atom is 0.408 e. The van der Waals surface area contributed by atoms with Crippen LogP contribution in [0.3, 0.4) is 0 Å². The number of nitrogens with one attached hydrogen (secondary N) is 2. The lowest BCUT2D eigenvalue weighted by Gasteiger charge is -2.22. The fraction of sp³-hybridized carbons (Fsp3) is 0.333. The minimum absolute atomic E-state index is 0.485. The predicted molar refractivity (Wildman–Crippen MR) is 207 cm³/mol. The van der Waals surface area contributed by atoms with Gasteiger partial charge in [-0.15, -0.1) is 11.3 Å². The highest BCUT2D eigenvalue weighted by Crippen LogP contribution is 2.42. The monoisotopic (exact) mass is 721 g/mol. The topological polar surface area (TPSA) is 109 Å². The van der Waals surface area contributed by atoms with Gasteiger partial charge in [0.2, 0.25) is 5.91 Å². The van der Waals surface area contributed by atoms with Crippen LogP contribution >= 0.6 is 11.3 Å². The summed E-state index contributed by atoms with van der Waals surface area (Å²) in [5.41, 5.74) is 5.47. The number of hydrogen-bond acceptors (Lipinski definition) is 8. The molecule has 5 aromatic rings. The number of thiophene rings is 1. The highest BCUT2D eigenvalue weighted by atomic mass is 32.1. The largest absolute Gasteiger partial charge is 0.496 e. The Hall–Kier alpha value is -4.90.